The van der Waals surface area contributed by atoms with Gasteiger partial charge in [0.05, 0.1) is 0 Å². The summed E-state index contributed by atoms with van der Waals surface area (Å²) < 4.78 is 13.0. The maximum absolute atomic E-state index is 13.0. The van der Waals surface area contributed by atoms with Crippen LogP contribution in [0.15, 0.2) is 18.2 Å². The third-order valence-electron chi connectivity index (χ3n) is 3.66. The molecule has 1 aromatic rings. The molecule has 1 aromatic carbocycles. The molecule has 104 valence electrons. The molecule has 1 atom stereocenters. The van der Waals surface area contributed by atoms with Crippen LogP contribution < -0.4 is 10.6 Å². The highest BCUT2D eigenvalue weighted by Gasteiger charge is 2.20. The van der Waals surface area contributed by atoms with Crippen LogP contribution in [0.3, 0.4) is 0 Å². The summed E-state index contributed by atoms with van der Waals surface area (Å²) in [5, 5.41) is 6.19. The Morgan fingerprint density at radius 3 is 2.68 bits per heavy atom. The molecule has 1 fully saturated rings. The molecule has 0 bridgehead atoms. The van der Waals surface area contributed by atoms with E-state index in [1.165, 1.54) is 25.0 Å². The summed E-state index contributed by atoms with van der Waals surface area (Å²) in [4.78, 5) is 12.0. The van der Waals surface area contributed by atoms with Gasteiger partial charge in [-0.15, -0.1) is 0 Å². The molecule has 1 saturated carbocycles. The van der Waals surface area contributed by atoms with Crippen LogP contribution >= 0.6 is 0 Å². The van der Waals surface area contributed by atoms with Crippen molar-refractivity contribution in [2.75, 3.05) is 5.32 Å². The molecule has 19 heavy (non-hydrogen) atoms. The number of aryl methyl sites for hydroxylation is 1. The number of rotatable bonds is 4. The van der Waals surface area contributed by atoms with Gasteiger partial charge in [-0.1, -0.05) is 12.8 Å². The lowest BCUT2D eigenvalue weighted by Crippen LogP contribution is -2.42. The highest BCUT2D eigenvalue weighted by atomic mass is 19.1. The normalized spacial score (nSPS) is 17.2. The van der Waals surface area contributed by atoms with Gasteiger partial charge in [-0.25, -0.2) is 4.39 Å². The zero-order chi connectivity index (χ0) is 13.8. The van der Waals surface area contributed by atoms with E-state index >= 15 is 0 Å². The summed E-state index contributed by atoms with van der Waals surface area (Å²) in [7, 11) is 0. The van der Waals surface area contributed by atoms with Crippen LogP contribution in [0.25, 0.3) is 0 Å². The van der Waals surface area contributed by atoms with E-state index in [4.69, 9.17) is 0 Å². The Balaban J connectivity index is 1.92. The minimum Gasteiger partial charge on any atom is -0.374 e. The SMILES string of the molecule is Cc1cc(F)ccc1NC(C)C(=O)NC1CCCC1. The van der Waals surface area contributed by atoms with E-state index in [9.17, 15) is 9.18 Å². The maximum atomic E-state index is 13.0. The van der Waals surface area contributed by atoms with Crippen molar-refractivity contribution in [3.8, 4) is 0 Å². The molecule has 0 aliphatic heterocycles. The summed E-state index contributed by atoms with van der Waals surface area (Å²) >= 11 is 0. The van der Waals surface area contributed by atoms with Crippen molar-refractivity contribution >= 4 is 11.6 Å². The molecule has 0 aromatic heterocycles. The van der Waals surface area contributed by atoms with Crippen LogP contribution in [0.2, 0.25) is 0 Å². The van der Waals surface area contributed by atoms with Gasteiger partial charge < -0.3 is 10.6 Å². The molecule has 0 saturated heterocycles. The molecular weight excluding hydrogens is 243 g/mol. The van der Waals surface area contributed by atoms with Gasteiger partial charge in [-0.05, 0) is 50.5 Å². The molecule has 1 aliphatic carbocycles. The fourth-order valence-electron chi connectivity index (χ4n) is 2.48. The standard InChI is InChI=1S/C15H21FN2O/c1-10-9-12(16)7-8-14(10)17-11(2)15(19)18-13-5-3-4-6-13/h7-9,11,13,17H,3-6H2,1-2H3,(H,18,19). The zero-order valence-electron chi connectivity index (χ0n) is 11.5. The van der Waals surface area contributed by atoms with E-state index in [1.54, 1.807) is 6.07 Å². The summed E-state index contributed by atoms with van der Waals surface area (Å²) in [5.41, 5.74) is 1.61. The van der Waals surface area contributed by atoms with Crippen LogP contribution in [0.1, 0.15) is 38.2 Å². The predicted octanol–water partition coefficient (Wildman–Crippen LogP) is 2.99. The summed E-state index contributed by atoms with van der Waals surface area (Å²) in [6.07, 6.45) is 4.55. The van der Waals surface area contributed by atoms with E-state index in [1.807, 2.05) is 13.8 Å². The Morgan fingerprint density at radius 2 is 2.05 bits per heavy atom. The number of benzene rings is 1. The van der Waals surface area contributed by atoms with E-state index in [-0.39, 0.29) is 17.8 Å². The summed E-state index contributed by atoms with van der Waals surface area (Å²) in [6.45, 7) is 3.65. The van der Waals surface area contributed by atoms with Crippen molar-refractivity contribution in [1.29, 1.82) is 0 Å². The zero-order valence-corrected chi connectivity index (χ0v) is 11.5. The lowest BCUT2D eigenvalue weighted by Gasteiger charge is -2.19. The summed E-state index contributed by atoms with van der Waals surface area (Å²) in [5.74, 6) is -0.248. The van der Waals surface area contributed by atoms with Gasteiger partial charge in [0.1, 0.15) is 11.9 Å². The Labute approximate surface area is 113 Å². The van der Waals surface area contributed by atoms with E-state index in [0.29, 0.717) is 6.04 Å². The van der Waals surface area contributed by atoms with Gasteiger partial charge in [0.2, 0.25) is 5.91 Å². The predicted molar refractivity (Wildman–Crippen MR) is 74.6 cm³/mol. The highest BCUT2D eigenvalue weighted by molar-refractivity contribution is 5.84. The first-order valence-corrected chi connectivity index (χ1v) is 6.89. The first-order chi connectivity index (χ1) is 9.06. The van der Waals surface area contributed by atoms with Crippen molar-refractivity contribution in [2.24, 2.45) is 0 Å². The second-order valence-electron chi connectivity index (χ2n) is 5.32. The number of nitrogens with one attached hydrogen (secondary N) is 2. The number of hydrogen-bond acceptors (Lipinski definition) is 2. The van der Waals surface area contributed by atoms with Crippen molar-refractivity contribution in [3.05, 3.63) is 29.6 Å². The molecule has 3 nitrogen and oxygen atoms in total. The summed E-state index contributed by atoms with van der Waals surface area (Å²) in [6, 6.07) is 4.54. The first kappa shape index (κ1) is 13.8. The first-order valence-electron chi connectivity index (χ1n) is 6.89. The van der Waals surface area contributed by atoms with Gasteiger partial charge in [-0.3, -0.25) is 4.79 Å². The van der Waals surface area contributed by atoms with Crippen LogP contribution in [0.4, 0.5) is 10.1 Å². The molecule has 2 rings (SSSR count). The number of carbonyl (C=O) groups excluding carboxylic acids is 1. The number of hydrogen-bond donors (Lipinski definition) is 2. The third kappa shape index (κ3) is 3.69. The minimum atomic E-state index is -0.315. The average molecular weight is 264 g/mol. The van der Waals surface area contributed by atoms with E-state index in [0.717, 1.165) is 24.1 Å². The Bertz CT molecular complexity index is 455. The molecule has 0 heterocycles. The molecule has 0 spiro atoms. The van der Waals surface area contributed by atoms with Crippen molar-refractivity contribution in [1.82, 2.24) is 5.32 Å². The van der Waals surface area contributed by atoms with Gasteiger partial charge >= 0.3 is 0 Å². The number of amides is 1. The lowest BCUT2D eigenvalue weighted by molar-refractivity contribution is -0.122. The third-order valence-corrected chi connectivity index (χ3v) is 3.66. The Kier molecular flexibility index (Phi) is 4.40. The minimum absolute atomic E-state index is 0.00984. The molecule has 0 radical (unpaired) electrons. The van der Waals surface area contributed by atoms with Crippen LogP contribution in [0, 0.1) is 12.7 Å². The smallest absolute Gasteiger partial charge is 0.242 e. The monoisotopic (exact) mass is 264 g/mol. The second-order valence-corrected chi connectivity index (χ2v) is 5.32. The fraction of sp³-hybridized carbons (Fsp3) is 0.533. The molecule has 1 unspecified atom stereocenters. The molecule has 4 heteroatoms. The second kappa shape index (κ2) is 6.04. The Morgan fingerprint density at radius 1 is 1.37 bits per heavy atom. The largest absolute Gasteiger partial charge is 0.374 e. The number of carbonyl (C=O) groups is 1. The average Bonchev–Trinajstić information content (AvgIpc) is 2.85. The molecule has 1 aliphatic rings. The maximum Gasteiger partial charge on any atom is 0.242 e. The molecule has 2 N–H and O–H groups in total. The van der Waals surface area contributed by atoms with Crippen LogP contribution in [-0.4, -0.2) is 18.0 Å². The van der Waals surface area contributed by atoms with E-state index in [2.05, 4.69) is 10.6 Å². The van der Waals surface area contributed by atoms with Gasteiger partial charge in [-0.2, -0.15) is 0 Å². The Hall–Kier alpha value is -1.58. The van der Waals surface area contributed by atoms with Crippen LogP contribution in [0.5, 0.6) is 0 Å². The number of halogens is 1. The van der Waals surface area contributed by atoms with E-state index < -0.39 is 0 Å². The topological polar surface area (TPSA) is 41.1 Å². The van der Waals surface area contributed by atoms with Crippen LogP contribution in [-0.2, 0) is 4.79 Å². The van der Waals surface area contributed by atoms with Crippen molar-refractivity contribution in [3.63, 3.8) is 0 Å². The van der Waals surface area contributed by atoms with Gasteiger partial charge in [0, 0.05) is 11.7 Å². The quantitative estimate of drug-likeness (QED) is 0.877. The molecular formula is C15H21FN2O. The number of anilines is 1. The lowest BCUT2D eigenvalue weighted by atomic mass is 10.1. The van der Waals surface area contributed by atoms with Crippen molar-refractivity contribution in [2.45, 2.75) is 51.6 Å². The fourth-order valence-corrected chi connectivity index (χ4v) is 2.48. The molecule has 1 amide bonds. The van der Waals surface area contributed by atoms with Crippen molar-refractivity contribution < 1.29 is 9.18 Å². The van der Waals surface area contributed by atoms with Gasteiger partial charge in [0.25, 0.3) is 0 Å². The van der Waals surface area contributed by atoms with Gasteiger partial charge in [0.15, 0.2) is 0 Å². The highest BCUT2D eigenvalue weighted by Crippen LogP contribution is 2.19.